The first-order valence-corrected chi connectivity index (χ1v) is 22.0. The minimum atomic E-state index is 0.0128. The lowest BCUT2D eigenvalue weighted by Gasteiger charge is -2.12. The van der Waals surface area contributed by atoms with Crippen LogP contribution in [0.15, 0.2) is 53.4 Å². The number of hydrogen-bond donors (Lipinski definition) is 0. The van der Waals surface area contributed by atoms with E-state index in [2.05, 4.69) is 20.8 Å². The highest BCUT2D eigenvalue weighted by Crippen LogP contribution is 2.26. The Morgan fingerprint density at radius 2 is 0.920 bits per heavy atom. The van der Waals surface area contributed by atoms with E-state index in [0.717, 1.165) is 42.1 Å². The normalized spacial score (nSPS) is 11.4. The van der Waals surface area contributed by atoms with E-state index in [4.69, 9.17) is 9.47 Å². The lowest BCUT2D eigenvalue weighted by molar-refractivity contribution is 0.104. The number of carbonyl (C=O) groups excluding carboxylic acids is 1. The monoisotopic (exact) mass is 707 g/mol. The van der Waals surface area contributed by atoms with E-state index in [1.807, 2.05) is 60.3 Å². The molecule has 2 rings (SSSR count). The van der Waals surface area contributed by atoms with Crippen LogP contribution < -0.4 is 9.47 Å². The molecule has 50 heavy (non-hydrogen) atoms. The van der Waals surface area contributed by atoms with Gasteiger partial charge in [0.15, 0.2) is 5.78 Å². The van der Waals surface area contributed by atoms with Gasteiger partial charge in [-0.3, -0.25) is 4.79 Å². The van der Waals surface area contributed by atoms with Gasteiger partial charge < -0.3 is 9.47 Å². The quantitative estimate of drug-likeness (QED) is 0.0314. The highest BCUT2D eigenvalue weighted by Gasteiger charge is 2.06. The summed E-state index contributed by atoms with van der Waals surface area (Å²) in [6.07, 6.45) is 36.7. The highest BCUT2D eigenvalue weighted by molar-refractivity contribution is 7.99. The maximum Gasteiger partial charge on any atom is 0.185 e. The molecule has 0 heterocycles. The molecule has 0 amide bonds. The fourth-order valence-corrected chi connectivity index (χ4v) is 7.09. The van der Waals surface area contributed by atoms with E-state index in [0.29, 0.717) is 18.8 Å². The summed E-state index contributed by atoms with van der Waals surface area (Å²) in [5, 5.41) is 0. The van der Waals surface area contributed by atoms with Crippen molar-refractivity contribution < 1.29 is 14.3 Å². The number of carbonyl (C=O) groups is 1. The molecule has 0 fully saturated rings. The van der Waals surface area contributed by atoms with Gasteiger partial charge in [0.1, 0.15) is 11.5 Å². The van der Waals surface area contributed by atoms with Crippen LogP contribution in [-0.4, -0.2) is 24.7 Å². The Morgan fingerprint density at radius 3 is 1.32 bits per heavy atom. The molecule has 0 aliphatic rings. The second-order valence-electron chi connectivity index (χ2n) is 14.3. The van der Waals surface area contributed by atoms with Crippen molar-refractivity contribution in [2.24, 2.45) is 0 Å². The third-order valence-electron chi connectivity index (χ3n) is 9.47. The third-order valence-corrected chi connectivity index (χ3v) is 10.7. The maximum absolute atomic E-state index is 13.0. The Bertz CT molecular complexity index is 1060. The highest BCUT2D eigenvalue weighted by atomic mass is 32.2. The van der Waals surface area contributed by atoms with Gasteiger partial charge >= 0.3 is 0 Å². The number of unbranched alkanes of at least 4 members (excludes halogenated alkanes) is 22. The Balaban J connectivity index is 1.79. The summed E-state index contributed by atoms with van der Waals surface area (Å²) in [5.41, 5.74) is 1.65. The number of benzene rings is 2. The van der Waals surface area contributed by atoms with Crippen LogP contribution in [0.4, 0.5) is 0 Å². The molecule has 4 heteroatoms. The first kappa shape index (κ1) is 44.0. The van der Waals surface area contributed by atoms with Crippen LogP contribution in [0.5, 0.6) is 11.5 Å². The van der Waals surface area contributed by atoms with Gasteiger partial charge in [-0.1, -0.05) is 168 Å². The largest absolute Gasteiger partial charge is 0.493 e. The smallest absolute Gasteiger partial charge is 0.185 e. The van der Waals surface area contributed by atoms with Gasteiger partial charge in [0, 0.05) is 16.5 Å². The van der Waals surface area contributed by atoms with Crippen molar-refractivity contribution in [3.05, 3.63) is 59.7 Å². The van der Waals surface area contributed by atoms with Crippen LogP contribution in [0.1, 0.15) is 197 Å². The van der Waals surface area contributed by atoms with Gasteiger partial charge in [0.25, 0.3) is 0 Å². The summed E-state index contributed by atoms with van der Waals surface area (Å²) < 4.78 is 12.5. The van der Waals surface area contributed by atoms with Gasteiger partial charge in [-0.2, -0.15) is 0 Å². The molecule has 0 spiro atoms. The van der Waals surface area contributed by atoms with E-state index in [-0.39, 0.29) is 5.78 Å². The number of ether oxygens (including phenoxy) is 2. The molecule has 0 aliphatic heterocycles. The lowest BCUT2D eigenvalue weighted by Crippen LogP contribution is -2.01. The van der Waals surface area contributed by atoms with E-state index in [1.54, 1.807) is 6.08 Å². The Hall–Kier alpha value is -2.20. The van der Waals surface area contributed by atoms with E-state index < -0.39 is 0 Å². The average molecular weight is 707 g/mol. The molecule has 0 saturated carbocycles. The fourth-order valence-electron chi connectivity index (χ4n) is 6.33. The predicted molar refractivity (Wildman–Crippen MR) is 220 cm³/mol. The number of hydrogen-bond acceptors (Lipinski definition) is 4. The van der Waals surface area contributed by atoms with Gasteiger partial charge in [-0.05, 0) is 73.1 Å². The van der Waals surface area contributed by atoms with Crippen molar-refractivity contribution in [3.8, 4) is 11.5 Å². The molecule has 0 radical (unpaired) electrons. The van der Waals surface area contributed by atoms with Crippen molar-refractivity contribution in [2.75, 3.05) is 19.0 Å². The van der Waals surface area contributed by atoms with Crippen molar-refractivity contribution >= 4 is 23.6 Å². The minimum absolute atomic E-state index is 0.0128. The van der Waals surface area contributed by atoms with E-state index in [9.17, 15) is 4.79 Å². The standard InChI is InChI=1S/C46H74O3S/c1-4-7-9-11-13-15-17-19-21-23-25-27-35-48-43-38-41(29-34-46(47)42-30-32-45(33-31-42)50-37-6-3)39-44(40-43)49-36-28-26-24-22-20-18-16-14-12-10-8-5-2/h29-34,38-40H,4-28,35-37H2,1-3H3. The second-order valence-corrected chi connectivity index (χ2v) is 15.5. The minimum Gasteiger partial charge on any atom is -0.493 e. The Labute approximate surface area is 313 Å². The van der Waals surface area contributed by atoms with Crippen LogP contribution in [0.25, 0.3) is 6.08 Å². The van der Waals surface area contributed by atoms with E-state index in [1.165, 1.54) is 146 Å². The zero-order chi connectivity index (χ0) is 35.7. The Morgan fingerprint density at radius 1 is 0.520 bits per heavy atom. The molecule has 0 atom stereocenters. The fraction of sp³-hybridized carbons (Fsp3) is 0.674. The van der Waals surface area contributed by atoms with Gasteiger partial charge in [0.05, 0.1) is 13.2 Å². The summed E-state index contributed by atoms with van der Waals surface area (Å²) in [6.45, 7) is 8.18. The first-order chi connectivity index (χ1) is 24.7. The molecule has 0 aromatic heterocycles. The zero-order valence-corrected chi connectivity index (χ0v) is 33.4. The molecule has 0 N–H and O–H groups in total. The molecule has 0 unspecified atom stereocenters. The molecule has 2 aromatic rings. The molecular weight excluding hydrogens is 633 g/mol. The number of thioether (sulfide) groups is 1. The molecule has 282 valence electrons. The topological polar surface area (TPSA) is 35.5 Å². The van der Waals surface area contributed by atoms with Crippen molar-refractivity contribution in [1.29, 1.82) is 0 Å². The van der Waals surface area contributed by atoms with Crippen LogP contribution >= 0.6 is 11.8 Å². The van der Waals surface area contributed by atoms with Crippen LogP contribution in [0.2, 0.25) is 0 Å². The van der Waals surface area contributed by atoms with Crippen molar-refractivity contribution in [3.63, 3.8) is 0 Å². The molecule has 2 aromatic carbocycles. The van der Waals surface area contributed by atoms with Crippen LogP contribution in [0, 0.1) is 0 Å². The molecule has 0 aliphatic carbocycles. The van der Waals surface area contributed by atoms with Gasteiger partial charge in [-0.15, -0.1) is 11.8 Å². The average Bonchev–Trinajstić information content (AvgIpc) is 3.13. The third kappa shape index (κ3) is 23.3. The van der Waals surface area contributed by atoms with Gasteiger partial charge in [-0.25, -0.2) is 0 Å². The number of ketones is 1. The van der Waals surface area contributed by atoms with Crippen LogP contribution in [0.3, 0.4) is 0 Å². The van der Waals surface area contributed by atoms with E-state index >= 15 is 0 Å². The maximum atomic E-state index is 13.0. The molecule has 3 nitrogen and oxygen atoms in total. The predicted octanol–water partition coefficient (Wildman–Crippen LogP) is 15.2. The van der Waals surface area contributed by atoms with Gasteiger partial charge in [0.2, 0.25) is 0 Å². The molecule has 0 saturated heterocycles. The molecule has 0 bridgehead atoms. The Kier molecular flexibility index (Phi) is 27.7. The summed E-state index contributed by atoms with van der Waals surface area (Å²) in [5.74, 6) is 2.75. The van der Waals surface area contributed by atoms with Crippen LogP contribution in [-0.2, 0) is 0 Å². The summed E-state index contributed by atoms with van der Waals surface area (Å²) >= 11 is 1.83. The van der Waals surface area contributed by atoms with Crippen molar-refractivity contribution in [2.45, 2.75) is 186 Å². The zero-order valence-electron chi connectivity index (χ0n) is 32.6. The summed E-state index contributed by atoms with van der Waals surface area (Å²) in [4.78, 5) is 14.2. The second kappa shape index (κ2) is 31.5. The summed E-state index contributed by atoms with van der Waals surface area (Å²) in [6, 6.07) is 14.0. The molecular formula is C46H74O3S. The first-order valence-electron chi connectivity index (χ1n) is 21.0. The summed E-state index contributed by atoms with van der Waals surface area (Å²) in [7, 11) is 0. The number of rotatable bonds is 34. The van der Waals surface area contributed by atoms with Crippen molar-refractivity contribution in [1.82, 2.24) is 0 Å². The SMILES string of the molecule is CCCCCCCCCCCCCCOc1cc(C=CC(=O)c2ccc(SCCC)cc2)cc(OCCCCCCCCCCCCCC)c1. The number of allylic oxidation sites excluding steroid dienone is 1. The lowest BCUT2D eigenvalue weighted by atomic mass is 10.1.